The average Bonchev–Trinajstić information content (AvgIpc) is 3.15. The van der Waals surface area contributed by atoms with E-state index in [0.717, 1.165) is 66.4 Å². The number of nitrogens with zero attached hydrogens (tertiary/aromatic N) is 6. The highest BCUT2D eigenvalue weighted by molar-refractivity contribution is 6.02. The monoisotopic (exact) mass is 592 g/mol. The van der Waals surface area contributed by atoms with Crippen LogP contribution >= 0.6 is 0 Å². The van der Waals surface area contributed by atoms with Gasteiger partial charge in [-0.1, -0.05) is 84.9 Å². The summed E-state index contributed by atoms with van der Waals surface area (Å²) < 4.78 is 0. The van der Waals surface area contributed by atoms with Gasteiger partial charge in [0.25, 0.3) is 0 Å². The number of fused-ring (bicyclic) bond motifs is 5. The van der Waals surface area contributed by atoms with Crippen molar-refractivity contribution in [1.82, 2.24) is 29.9 Å². The summed E-state index contributed by atoms with van der Waals surface area (Å²) in [4.78, 5) is 26.4. The molecule has 218 valence electrons. The average molecular weight is 593 g/mol. The van der Waals surface area contributed by atoms with Crippen molar-refractivity contribution >= 4 is 43.6 Å². The minimum absolute atomic E-state index is 0.912. The van der Waals surface area contributed by atoms with E-state index in [-0.39, 0.29) is 0 Å². The smallest absolute Gasteiger partial charge is 0.0964 e. The minimum atomic E-state index is 0.912. The van der Waals surface area contributed by atoms with Gasteiger partial charge in [0.15, 0.2) is 0 Å². The predicted octanol–water partition coefficient (Wildman–Crippen LogP) is 9.38. The van der Waals surface area contributed by atoms with Crippen LogP contribution in [0.3, 0.4) is 0 Å². The largest absolute Gasteiger partial charge is 0.255 e. The van der Waals surface area contributed by atoms with Crippen LogP contribution in [0.4, 0.5) is 0 Å². The topological polar surface area (TPSA) is 77.3 Å². The highest BCUT2D eigenvalue weighted by atomic mass is 14.8. The van der Waals surface area contributed by atoms with Gasteiger partial charge in [0, 0.05) is 46.3 Å². The van der Waals surface area contributed by atoms with Crippen LogP contribution in [0.1, 0.15) is 0 Å². The van der Waals surface area contributed by atoms with Gasteiger partial charge in [-0.05, 0) is 60.7 Å². The fraction of sp³-hybridized carbons (Fsp3) is 0. The van der Waals surface area contributed by atoms with Gasteiger partial charge in [-0.3, -0.25) is 19.9 Å². The highest BCUT2D eigenvalue weighted by Gasteiger charge is 2.04. The van der Waals surface area contributed by atoms with Crippen molar-refractivity contribution in [1.29, 1.82) is 0 Å². The molecule has 6 heteroatoms. The molecule has 3 aromatic carbocycles. The molecule has 9 aromatic rings. The fourth-order valence-electron chi connectivity index (χ4n) is 5.13. The number of aromatic nitrogens is 6. The second-order valence-electron chi connectivity index (χ2n) is 10.4. The van der Waals surface area contributed by atoms with Gasteiger partial charge in [-0.15, -0.1) is 0 Å². The first kappa shape index (κ1) is 28.4. The lowest BCUT2D eigenvalue weighted by Gasteiger charge is -2.04. The van der Waals surface area contributed by atoms with E-state index >= 15 is 0 Å². The molecule has 0 aliphatic heterocycles. The number of benzene rings is 3. The number of hydrogen-bond acceptors (Lipinski definition) is 6. The van der Waals surface area contributed by atoms with E-state index in [1.54, 1.807) is 24.8 Å². The Morgan fingerprint density at radius 2 is 0.652 bits per heavy atom. The first-order valence-electron chi connectivity index (χ1n) is 14.9. The van der Waals surface area contributed by atoms with Crippen molar-refractivity contribution in [3.05, 3.63) is 170 Å². The molecule has 6 nitrogen and oxygen atoms in total. The van der Waals surface area contributed by atoms with Crippen LogP contribution in [0.2, 0.25) is 0 Å². The maximum absolute atomic E-state index is 4.69. The number of pyridine rings is 6. The van der Waals surface area contributed by atoms with E-state index in [2.05, 4.69) is 78.4 Å². The first-order valence-corrected chi connectivity index (χ1v) is 14.9. The lowest BCUT2D eigenvalue weighted by Crippen LogP contribution is -1.89. The van der Waals surface area contributed by atoms with Crippen LogP contribution in [0.5, 0.6) is 0 Å². The third kappa shape index (κ3) is 6.42. The van der Waals surface area contributed by atoms with Gasteiger partial charge >= 0.3 is 0 Å². The van der Waals surface area contributed by atoms with Crippen LogP contribution in [0.15, 0.2) is 170 Å². The summed E-state index contributed by atoms with van der Waals surface area (Å²) >= 11 is 0. The number of para-hydroxylation sites is 2. The van der Waals surface area contributed by atoms with Crippen LogP contribution in [0.25, 0.3) is 66.4 Å². The van der Waals surface area contributed by atoms with E-state index < -0.39 is 0 Å². The Morgan fingerprint density at radius 3 is 1.11 bits per heavy atom. The SMILES string of the molecule is c1ccc(-c2ccccn2)nc1.c1ccc2nc(-c3ccc4ccccc4n3)ccc2c1.c1cnc2c(c1)ccc1cccnc12. The zero-order valence-corrected chi connectivity index (χ0v) is 24.8. The van der Waals surface area contributed by atoms with E-state index in [9.17, 15) is 0 Å². The Kier molecular flexibility index (Phi) is 8.32. The zero-order chi connectivity index (χ0) is 31.0. The second-order valence-corrected chi connectivity index (χ2v) is 10.4. The van der Waals surface area contributed by atoms with Crippen molar-refractivity contribution in [2.75, 3.05) is 0 Å². The Bertz CT molecular complexity index is 2210. The molecule has 9 rings (SSSR count). The lowest BCUT2D eigenvalue weighted by atomic mass is 10.1. The molecule has 0 saturated heterocycles. The van der Waals surface area contributed by atoms with E-state index in [0.29, 0.717) is 0 Å². The van der Waals surface area contributed by atoms with Gasteiger partial charge in [-0.25, -0.2) is 9.97 Å². The number of rotatable bonds is 2. The molecular weight excluding hydrogens is 564 g/mol. The summed E-state index contributed by atoms with van der Waals surface area (Å²) in [6.07, 6.45) is 7.14. The van der Waals surface area contributed by atoms with Gasteiger partial charge < -0.3 is 0 Å². The fourth-order valence-corrected chi connectivity index (χ4v) is 5.13. The molecule has 0 spiro atoms. The highest BCUT2D eigenvalue weighted by Crippen LogP contribution is 2.23. The summed E-state index contributed by atoms with van der Waals surface area (Å²) in [6.45, 7) is 0. The molecule has 0 N–H and O–H groups in total. The summed E-state index contributed by atoms with van der Waals surface area (Å²) in [7, 11) is 0. The quantitative estimate of drug-likeness (QED) is 0.186. The lowest BCUT2D eigenvalue weighted by molar-refractivity contribution is 1.25. The third-order valence-electron chi connectivity index (χ3n) is 7.40. The molecule has 0 aliphatic rings. The molecule has 0 aliphatic carbocycles. The zero-order valence-electron chi connectivity index (χ0n) is 24.8. The molecule has 0 bridgehead atoms. The van der Waals surface area contributed by atoms with Crippen molar-refractivity contribution in [2.45, 2.75) is 0 Å². The molecule has 0 fully saturated rings. The van der Waals surface area contributed by atoms with Gasteiger partial charge in [0.05, 0.1) is 44.8 Å². The standard InChI is InChI=1S/C18H12N2.C12H8N2.C10H8N2/c1-3-7-15-13(5-1)9-11-17(19-15)18-12-10-14-6-2-4-8-16(14)20-18;1-3-9-5-6-10-4-2-8-14-12(10)11(9)13-7-1;1-3-7-11-9(5-1)10-6-2-4-8-12-10/h1-12H;1-8H;1-8H. The Morgan fingerprint density at radius 1 is 0.261 bits per heavy atom. The van der Waals surface area contributed by atoms with Gasteiger partial charge in [0.1, 0.15) is 0 Å². The van der Waals surface area contributed by atoms with Crippen LogP contribution in [0, 0.1) is 0 Å². The molecule has 6 aromatic heterocycles. The molecule has 0 saturated carbocycles. The maximum atomic E-state index is 4.69. The predicted molar refractivity (Wildman–Crippen MR) is 187 cm³/mol. The molecule has 0 atom stereocenters. The number of hydrogen-bond donors (Lipinski definition) is 0. The van der Waals surface area contributed by atoms with Crippen molar-refractivity contribution < 1.29 is 0 Å². The van der Waals surface area contributed by atoms with E-state index in [1.165, 1.54) is 0 Å². The Labute approximate surface area is 266 Å². The molecule has 0 amide bonds. The summed E-state index contributed by atoms with van der Waals surface area (Å²) in [6, 6.07) is 48.2. The van der Waals surface area contributed by atoms with Crippen LogP contribution in [-0.4, -0.2) is 29.9 Å². The normalized spacial score (nSPS) is 10.6. The molecular formula is C40H28N6. The molecule has 0 radical (unpaired) electrons. The molecule has 0 unspecified atom stereocenters. The van der Waals surface area contributed by atoms with E-state index in [4.69, 9.17) is 0 Å². The summed E-state index contributed by atoms with van der Waals surface area (Å²) in [5.74, 6) is 0. The van der Waals surface area contributed by atoms with Gasteiger partial charge in [-0.2, -0.15) is 0 Å². The van der Waals surface area contributed by atoms with Crippen LogP contribution < -0.4 is 0 Å². The minimum Gasteiger partial charge on any atom is -0.255 e. The maximum Gasteiger partial charge on any atom is 0.0964 e. The Balaban J connectivity index is 0.000000115. The molecule has 46 heavy (non-hydrogen) atoms. The summed E-state index contributed by atoms with van der Waals surface area (Å²) in [5.41, 5.74) is 7.61. The Hall–Kier alpha value is -6.40. The van der Waals surface area contributed by atoms with Gasteiger partial charge in [0.2, 0.25) is 0 Å². The van der Waals surface area contributed by atoms with Crippen molar-refractivity contribution in [3.63, 3.8) is 0 Å². The summed E-state index contributed by atoms with van der Waals surface area (Å²) in [5, 5.41) is 4.58. The second kappa shape index (κ2) is 13.5. The third-order valence-corrected chi connectivity index (χ3v) is 7.40. The first-order chi connectivity index (χ1) is 22.8. The van der Waals surface area contributed by atoms with Crippen LogP contribution in [-0.2, 0) is 0 Å². The van der Waals surface area contributed by atoms with E-state index in [1.807, 2.05) is 97.1 Å². The molecule has 6 heterocycles. The van der Waals surface area contributed by atoms with Crippen molar-refractivity contribution in [3.8, 4) is 22.8 Å². The van der Waals surface area contributed by atoms with Crippen molar-refractivity contribution in [2.24, 2.45) is 0 Å².